The summed E-state index contributed by atoms with van der Waals surface area (Å²) in [6.07, 6.45) is 1.08. The number of carbonyl (C=O) groups is 1. The van der Waals surface area contributed by atoms with Crippen molar-refractivity contribution in [1.29, 1.82) is 0 Å². The zero-order valence-electron chi connectivity index (χ0n) is 14.4. The van der Waals surface area contributed by atoms with Gasteiger partial charge in [0.1, 0.15) is 0 Å². The van der Waals surface area contributed by atoms with Crippen LogP contribution in [0, 0.1) is 13.8 Å². The van der Waals surface area contributed by atoms with Crippen LogP contribution in [0.5, 0.6) is 0 Å². The Labute approximate surface area is 153 Å². The van der Waals surface area contributed by atoms with E-state index in [0.29, 0.717) is 16.3 Å². The van der Waals surface area contributed by atoms with Gasteiger partial charge in [-0.05, 0) is 48.7 Å². The molecule has 0 spiro atoms. The molecule has 0 saturated heterocycles. The van der Waals surface area contributed by atoms with Crippen LogP contribution in [0.2, 0.25) is 5.02 Å². The molecule has 0 aromatic heterocycles. The fourth-order valence-corrected chi connectivity index (χ4v) is 3.44. The summed E-state index contributed by atoms with van der Waals surface area (Å²) in [4.78, 5) is 12.3. The molecular formula is C18H21ClN2O3S. The van der Waals surface area contributed by atoms with E-state index in [1.54, 1.807) is 24.3 Å². The van der Waals surface area contributed by atoms with Crippen molar-refractivity contribution in [3.63, 3.8) is 0 Å². The highest BCUT2D eigenvalue weighted by atomic mass is 35.5. The molecule has 1 amide bonds. The number of hydrogen-bond acceptors (Lipinski definition) is 3. The Bertz CT molecular complexity index is 861. The Balaban J connectivity index is 2.14. The number of nitrogens with one attached hydrogen (secondary N) is 1. The van der Waals surface area contributed by atoms with E-state index in [1.807, 2.05) is 32.0 Å². The molecule has 0 atom stereocenters. The average Bonchev–Trinajstić information content (AvgIpc) is 2.46. The van der Waals surface area contributed by atoms with Gasteiger partial charge in [0.2, 0.25) is 15.9 Å². The molecule has 0 aliphatic heterocycles. The predicted octanol–water partition coefficient (Wildman–Crippen LogP) is 3.36. The first kappa shape index (κ1) is 19.4. The van der Waals surface area contributed by atoms with Gasteiger partial charge in [-0.3, -0.25) is 4.79 Å². The monoisotopic (exact) mass is 380 g/mol. The van der Waals surface area contributed by atoms with Crippen LogP contribution in [0.4, 0.5) is 5.69 Å². The van der Waals surface area contributed by atoms with Gasteiger partial charge in [-0.25, -0.2) is 8.42 Å². The van der Waals surface area contributed by atoms with Crippen molar-refractivity contribution in [2.75, 3.05) is 18.1 Å². The van der Waals surface area contributed by atoms with E-state index in [9.17, 15) is 13.2 Å². The number of hydrogen-bond donors (Lipinski definition) is 1. The molecule has 0 radical (unpaired) electrons. The Morgan fingerprint density at radius 2 is 1.72 bits per heavy atom. The van der Waals surface area contributed by atoms with Crippen molar-refractivity contribution in [3.8, 4) is 0 Å². The second-order valence-corrected chi connectivity index (χ2v) is 8.44. The molecule has 134 valence electrons. The minimum absolute atomic E-state index is 0.0404. The number of benzene rings is 2. The highest BCUT2D eigenvalue weighted by Crippen LogP contribution is 2.19. The zero-order valence-corrected chi connectivity index (χ0v) is 16.0. The molecular weight excluding hydrogens is 360 g/mol. The van der Waals surface area contributed by atoms with Gasteiger partial charge in [0.25, 0.3) is 0 Å². The Morgan fingerprint density at radius 1 is 1.12 bits per heavy atom. The van der Waals surface area contributed by atoms with Crippen LogP contribution in [0.3, 0.4) is 0 Å². The summed E-state index contributed by atoms with van der Waals surface area (Å²) in [6, 6.07) is 12.6. The number of halogens is 1. The van der Waals surface area contributed by atoms with Gasteiger partial charge >= 0.3 is 0 Å². The first-order valence-corrected chi connectivity index (χ1v) is 9.94. The molecule has 25 heavy (non-hydrogen) atoms. The standard InChI is InChI=1S/C18H21ClN2O3S/c1-13-8-14(2)10-16(9-13)20-18(22)12-21(25(3,23)24)11-15-6-4-5-7-17(15)19/h4-10H,11-12H2,1-3H3,(H,20,22). The first-order chi connectivity index (χ1) is 11.6. The summed E-state index contributed by atoms with van der Waals surface area (Å²) in [5.74, 6) is -0.400. The molecule has 0 bridgehead atoms. The van der Waals surface area contributed by atoms with E-state index in [0.717, 1.165) is 21.7 Å². The van der Waals surface area contributed by atoms with E-state index in [1.165, 1.54) is 0 Å². The second kappa shape index (κ2) is 7.99. The molecule has 2 aromatic carbocycles. The lowest BCUT2D eigenvalue weighted by Crippen LogP contribution is -2.37. The average molecular weight is 381 g/mol. The molecule has 0 aliphatic rings. The number of carbonyl (C=O) groups excluding carboxylic acids is 1. The minimum atomic E-state index is -3.57. The van der Waals surface area contributed by atoms with Crippen LogP contribution in [-0.4, -0.2) is 31.4 Å². The number of amides is 1. The smallest absolute Gasteiger partial charge is 0.239 e. The number of sulfonamides is 1. The van der Waals surface area contributed by atoms with Crippen molar-refractivity contribution >= 4 is 33.2 Å². The third kappa shape index (κ3) is 5.85. The molecule has 2 rings (SSSR count). The normalized spacial score (nSPS) is 11.6. The third-order valence-electron chi connectivity index (χ3n) is 3.60. The maximum Gasteiger partial charge on any atom is 0.239 e. The van der Waals surface area contributed by atoms with Crippen molar-refractivity contribution in [2.45, 2.75) is 20.4 Å². The van der Waals surface area contributed by atoms with Gasteiger partial charge in [-0.15, -0.1) is 0 Å². The molecule has 0 saturated carbocycles. The maximum absolute atomic E-state index is 12.3. The van der Waals surface area contributed by atoms with Crippen LogP contribution in [0.15, 0.2) is 42.5 Å². The van der Waals surface area contributed by atoms with Gasteiger partial charge in [-0.1, -0.05) is 35.9 Å². The lowest BCUT2D eigenvalue weighted by atomic mass is 10.1. The Hall–Kier alpha value is -1.89. The second-order valence-electron chi connectivity index (χ2n) is 6.05. The molecule has 1 N–H and O–H groups in total. The van der Waals surface area contributed by atoms with E-state index < -0.39 is 15.9 Å². The van der Waals surface area contributed by atoms with Gasteiger partial charge in [0, 0.05) is 17.3 Å². The summed E-state index contributed by atoms with van der Waals surface area (Å²) in [6.45, 7) is 3.63. The molecule has 7 heteroatoms. The number of nitrogens with zero attached hydrogens (tertiary/aromatic N) is 1. The van der Waals surface area contributed by atoms with Gasteiger partial charge in [0.05, 0.1) is 12.8 Å². The van der Waals surface area contributed by atoms with Crippen molar-refractivity contribution in [1.82, 2.24) is 4.31 Å². The molecule has 2 aromatic rings. The Morgan fingerprint density at radius 3 is 2.28 bits per heavy atom. The van der Waals surface area contributed by atoms with E-state index in [2.05, 4.69) is 5.32 Å². The number of rotatable bonds is 6. The molecule has 0 fully saturated rings. The zero-order chi connectivity index (χ0) is 18.6. The Kier molecular flexibility index (Phi) is 6.21. The summed E-state index contributed by atoms with van der Waals surface area (Å²) in [7, 11) is -3.57. The van der Waals surface area contributed by atoms with Crippen LogP contribution in [-0.2, 0) is 21.4 Å². The molecule has 0 unspecified atom stereocenters. The summed E-state index contributed by atoms with van der Waals surface area (Å²) >= 11 is 6.10. The van der Waals surface area contributed by atoms with E-state index in [4.69, 9.17) is 11.6 Å². The van der Waals surface area contributed by atoms with E-state index in [-0.39, 0.29) is 13.1 Å². The fraction of sp³-hybridized carbons (Fsp3) is 0.278. The largest absolute Gasteiger partial charge is 0.325 e. The van der Waals surface area contributed by atoms with Crippen molar-refractivity contribution in [3.05, 3.63) is 64.2 Å². The summed E-state index contributed by atoms with van der Waals surface area (Å²) < 4.78 is 25.2. The summed E-state index contributed by atoms with van der Waals surface area (Å²) in [5.41, 5.74) is 3.33. The van der Waals surface area contributed by atoms with Crippen LogP contribution in [0.1, 0.15) is 16.7 Å². The third-order valence-corrected chi connectivity index (χ3v) is 5.16. The van der Waals surface area contributed by atoms with Crippen molar-refractivity contribution in [2.24, 2.45) is 0 Å². The summed E-state index contributed by atoms with van der Waals surface area (Å²) in [5, 5.41) is 3.21. The van der Waals surface area contributed by atoms with Crippen LogP contribution in [0.25, 0.3) is 0 Å². The van der Waals surface area contributed by atoms with Crippen LogP contribution >= 0.6 is 11.6 Å². The molecule has 5 nitrogen and oxygen atoms in total. The minimum Gasteiger partial charge on any atom is -0.325 e. The number of anilines is 1. The highest BCUT2D eigenvalue weighted by Gasteiger charge is 2.21. The molecule has 0 aliphatic carbocycles. The maximum atomic E-state index is 12.3. The lowest BCUT2D eigenvalue weighted by molar-refractivity contribution is -0.116. The predicted molar refractivity (Wildman–Crippen MR) is 101 cm³/mol. The van der Waals surface area contributed by atoms with Gasteiger partial charge in [-0.2, -0.15) is 4.31 Å². The molecule has 0 heterocycles. The lowest BCUT2D eigenvalue weighted by Gasteiger charge is -2.20. The fourth-order valence-electron chi connectivity index (χ4n) is 2.51. The van der Waals surface area contributed by atoms with Crippen molar-refractivity contribution < 1.29 is 13.2 Å². The quantitative estimate of drug-likeness (QED) is 0.835. The topological polar surface area (TPSA) is 66.5 Å². The highest BCUT2D eigenvalue weighted by molar-refractivity contribution is 7.88. The SMILES string of the molecule is Cc1cc(C)cc(NC(=O)CN(Cc2ccccc2Cl)S(C)(=O)=O)c1. The van der Waals surface area contributed by atoms with Crippen LogP contribution < -0.4 is 5.32 Å². The number of aryl methyl sites for hydroxylation is 2. The van der Waals surface area contributed by atoms with E-state index >= 15 is 0 Å². The first-order valence-electron chi connectivity index (χ1n) is 7.72. The van der Waals surface area contributed by atoms with Gasteiger partial charge in [0.15, 0.2) is 0 Å². The van der Waals surface area contributed by atoms with Gasteiger partial charge < -0.3 is 5.32 Å².